The van der Waals surface area contributed by atoms with Gasteiger partial charge in [0.25, 0.3) is 0 Å². The first kappa shape index (κ1) is 17.3. The second-order valence-electron chi connectivity index (χ2n) is 7.20. The molecule has 0 aliphatic carbocycles. The monoisotopic (exact) mass is 368 g/mol. The Bertz CT molecular complexity index is 913. The number of hydrogen-bond acceptors (Lipinski definition) is 3. The van der Waals surface area contributed by atoms with Gasteiger partial charge in [0.2, 0.25) is 0 Å². The third-order valence-electron chi connectivity index (χ3n) is 5.50. The number of carbonyl (C=O) groups is 1. The van der Waals surface area contributed by atoms with Crippen molar-refractivity contribution in [2.75, 3.05) is 0 Å². The molecule has 26 heavy (non-hydrogen) atoms. The van der Waals surface area contributed by atoms with Crippen molar-refractivity contribution in [1.82, 2.24) is 0 Å². The van der Waals surface area contributed by atoms with Crippen LogP contribution in [0.5, 0.6) is 0 Å². The van der Waals surface area contributed by atoms with E-state index in [0.29, 0.717) is 23.4 Å². The van der Waals surface area contributed by atoms with Crippen LogP contribution in [0.2, 0.25) is 5.02 Å². The van der Waals surface area contributed by atoms with Crippen LogP contribution < -0.4 is 0 Å². The molecule has 0 unspecified atom stereocenters. The fourth-order valence-corrected chi connectivity index (χ4v) is 4.08. The lowest BCUT2D eigenvalue weighted by Gasteiger charge is -2.31. The summed E-state index contributed by atoms with van der Waals surface area (Å²) in [4.78, 5) is 12.8. The number of aryl methyl sites for hydroxylation is 1. The van der Waals surface area contributed by atoms with Crippen LogP contribution in [0.3, 0.4) is 0 Å². The van der Waals surface area contributed by atoms with E-state index in [1.807, 2.05) is 43.3 Å². The SMILES string of the molecule is CCc1cc(-c2ccc(Cl)cc2)ccc1C1=C(O)[C@@]2(C)CC[C@H](O2)C1=O. The van der Waals surface area contributed by atoms with E-state index < -0.39 is 11.7 Å². The van der Waals surface area contributed by atoms with Crippen molar-refractivity contribution in [1.29, 1.82) is 0 Å². The fraction of sp³-hybridized carbons (Fsp3) is 0.318. The zero-order valence-corrected chi connectivity index (χ0v) is 15.6. The van der Waals surface area contributed by atoms with Crippen LogP contribution in [0.15, 0.2) is 48.2 Å². The van der Waals surface area contributed by atoms with Gasteiger partial charge in [-0.05, 0) is 60.6 Å². The highest BCUT2D eigenvalue weighted by Gasteiger charge is 2.50. The molecule has 2 atom stereocenters. The quantitative estimate of drug-likeness (QED) is 0.793. The number of ketones is 1. The van der Waals surface area contributed by atoms with E-state index in [2.05, 4.69) is 13.0 Å². The Labute approximate surface area is 158 Å². The van der Waals surface area contributed by atoms with Gasteiger partial charge in [-0.2, -0.15) is 0 Å². The Morgan fingerprint density at radius 2 is 1.88 bits per heavy atom. The maximum Gasteiger partial charge on any atom is 0.195 e. The molecule has 1 saturated heterocycles. The minimum absolute atomic E-state index is 0.0743. The molecule has 3 nitrogen and oxygen atoms in total. The highest BCUT2D eigenvalue weighted by Crippen LogP contribution is 2.45. The van der Waals surface area contributed by atoms with Crippen LogP contribution in [0.4, 0.5) is 0 Å². The topological polar surface area (TPSA) is 46.5 Å². The molecule has 1 fully saturated rings. The van der Waals surface area contributed by atoms with Crippen molar-refractivity contribution >= 4 is 23.0 Å². The number of carbonyl (C=O) groups excluding carboxylic acids is 1. The Morgan fingerprint density at radius 1 is 1.19 bits per heavy atom. The maximum absolute atomic E-state index is 12.8. The van der Waals surface area contributed by atoms with E-state index >= 15 is 0 Å². The Morgan fingerprint density at radius 3 is 2.58 bits per heavy atom. The van der Waals surface area contributed by atoms with Crippen molar-refractivity contribution < 1.29 is 14.6 Å². The van der Waals surface area contributed by atoms with E-state index in [4.69, 9.17) is 16.3 Å². The Balaban J connectivity index is 1.82. The van der Waals surface area contributed by atoms with Crippen molar-refractivity contribution in [3.05, 3.63) is 64.4 Å². The van der Waals surface area contributed by atoms with Gasteiger partial charge >= 0.3 is 0 Å². The van der Waals surface area contributed by atoms with Crippen molar-refractivity contribution in [3.8, 4) is 11.1 Å². The first-order valence-electron chi connectivity index (χ1n) is 8.98. The van der Waals surface area contributed by atoms with Gasteiger partial charge in [0.15, 0.2) is 5.78 Å². The van der Waals surface area contributed by atoms with Gasteiger partial charge in [-0.3, -0.25) is 4.79 Å². The molecular weight excluding hydrogens is 348 g/mol. The number of aliphatic hydroxyl groups is 1. The summed E-state index contributed by atoms with van der Waals surface area (Å²) in [5, 5.41) is 11.5. The molecule has 0 saturated carbocycles. The summed E-state index contributed by atoms with van der Waals surface area (Å²) in [6, 6.07) is 13.7. The lowest BCUT2D eigenvalue weighted by Crippen LogP contribution is -2.37. The van der Waals surface area contributed by atoms with Gasteiger partial charge in [-0.25, -0.2) is 0 Å². The minimum Gasteiger partial charge on any atom is -0.508 e. The minimum atomic E-state index is -0.742. The summed E-state index contributed by atoms with van der Waals surface area (Å²) < 4.78 is 5.77. The molecule has 4 heteroatoms. The van der Waals surface area contributed by atoms with Gasteiger partial charge in [0.05, 0.1) is 5.57 Å². The average Bonchev–Trinajstić information content (AvgIpc) is 3.02. The third kappa shape index (κ3) is 2.67. The molecule has 4 rings (SSSR count). The number of hydrogen-bond donors (Lipinski definition) is 1. The molecule has 1 N–H and O–H groups in total. The molecule has 2 bridgehead atoms. The lowest BCUT2D eigenvalue weighted by molar-refractivity contribution is -0.130. The average molecular weight is 369 g/mol. The Kier molecular flexibility index (Phi) is 4.17. The van der Waals surface area contributed by atoms with Crippen molar-refractivity contribution in [2.45, 2.75) is 44.8 Å². The summed E-state index contributed by atoms with van der Waals surface area (Å²) in [6.07, 6.45) is 1.66. The largest absolute Gasteiger partial charge is 0.508 e. The van der Waals surface area contributed by atoms with E-state index in [0.717, 1.165) is 28.7 Å². The number of rotatable bonds is 3. The molecule has 2 heterocycles. The number of halogens is 1. The molecule has 134 valence electrons. The van der Waals surface area contributed by atoms with Crippen molar-refractivity contribution in [3.63, 3.8) is 0 Å². The van der Waals surface area contributed by atoms with Crippen LogP contribution in [0.25, 0.3) is 16.7 Å². The standard InChI is InChI=1S/C22H21ClO3/c1-3-13-12-15(14-4-7-16(23)8-5-14)6-9-17(13)19-20(24)18-10-11-22(2,26-18)21(19)25/h4-9,12,18,25H,3,10-11H2,1-2H3/t18-,22+/m0/s1. The number of aliphatic hydroxyl groups excluding tert-OH is 1. The van der Waals surface area contributed by atoms with Crippen LogP contribution >= 0.6 is 11.6 Å². The molecular formula is C22H21ClO3. The second-order valence-corrected chi connectivity index (χ2v) is 7.63. The zero-order chi connectivity index (χ0) is 18.5. The number of fused-ring (bicyclic) bond motifs is 2. The van der Waals surface area contributed by atoms with Gasteiger partial charge < -0.3 is 9.84 Å². The number of ether oxygens (including phenoxy) is 1. The summed E-state index contributed by atoms with van der Waals surface area (Å²) >= 11 is 5.98. The van der Waals surface area contributed by atoms with Gasteiger partial charge in [-0.15, -0.1) is 0 Å². The lowest BCUT2D eigenvalue weighted by atomic mass is 9.87. The van der Waals surface area contributed by atoms with E-state index in [9.17, 15) is 9.90 Å². The summed E-state index contributed by atoms with van der Waals surface area (Å²) in [5.74, 6) is -0.0309. The molecule has 0 amide bonds. The molecule has 2 aromatic rings. The molecule has 2 aromatic carbocycles. The van der Waals surface area contributed by atoms with Gasteiger partial charge in [-0.1, -0.05) is 48.9 Å². The molecule has 2 aliphatic heterocycles. The second kappa shape index (κ2) is 6.26. The van der Waals surface area contributed by atoms with Crippen LogP contribution in [0.1, 0.15) is 37.8 Å². The zero-order valence-electron chi connectivity index (χ0n) is 14.9. The highest BCUT2D eigenvalue weighted by atomic mass is 35.5. The van der Waals surface area contributed by atoms with E-state index in [1.165, 1.54) is 0 Å². The smallest absolute Gasteiger partial charge is 0.195 e. The predicted molar refractivity (Wildman–Crippen MR) is 103 cm³/mol. The number of benzene rings is 2. The van der Waals surface area contributed by atoms with Crippen LogP contribution in [0, 0.1) is 0 Å². The Hall–Kier alpha value is -2.10. The summed E-state index contributed by atoms with van der Waals surface area (Å²) in [5.41, 5.74) is 3.68. The molecule has 2 aliphatic rings. The van der Waals surface area contributed by atoms with E-state index in [1.54, 1.807) is 0 Å². The first-order valence-corrected chi connectivity index (χ1v) is 9.36. The summed E-state index contributed by atoms with van der Waals surface area (Å²) in [7, 11) is 0. The maximum atomic E-state index is 12.8. The molecule has 0 aromatic heterocycles. The molecule has 0 spiro atoms. The normalized spacial score (nSPS) is 25.0. The van der Waals surface area contributed by atoms with Gasteiger partial charge in [0, 0.05) is 5.02 Å². The van der Waals surface area contributed by atoms with Crippen molar-refractivity contribution in [2.24, 2.45) is 0 Å². The van der Waals surface area contributed by atoms with Crippen LogP contribution in [-0.4, -0.2) is 22.6 Å². The van der Waals surface area contributed by atoms with Gasteiger partial charge in [0.1, 0.15) is 17.5 Å². The van der Waals surface area contributed by atoms with E-state index in [-0.39, 0.29) is 11.5 Å². The van der Waals surface area contributed by atoms with Crippen LogP contribution in [-0.2, 0) is 16.0 Å². The number of Topliss-reactive ketones (excluding diaryl/α,β-unsaturated/α-hetero) is 1. The first-order chi connectivity index (χ1) is 12.4. The third-order valence-corrected chi connectivity index (χ3v) is 5.75. The summed E-state index contributed by atoms with van der Waals surface area (Å²) in [6.45, 7) is 3.92. The predicted octanol–water partition coefficient (Wildman–Crippen LogP) is 5.36. The highest BCUT2D eigenvalue weighted by molar-refractivity contribution is 6.30. The fourth-order valence-electron chi connectivity index (χ4n) is 3.95. The molecule has 0 radical (unpaired) electrons.